The molecule has 106 valence electrons. The van der Waals surface area contributed by atoms with Gasteiger partial charge in [-0.25, -0.2) is 0 Å². The lowest BCUT2D eigenvalue weighted by Crippen LogP contribution is -2.18. The number of para-hydroxylation sites is 1. The highest BCUT2D eigenvalue weighted by Crippen LogP contribution is 2.26. The summed E-state index contributed by atoms with van der Waals surface area (Å²) < 4.78 is 5.34. The second-order valence-electron chi connectivity index (χ2n) is 4.66. The Hall–Kier alpha value is -2.20. The summed E-state index contributed by atoms with van der Waals surface area (Å²) >= 11 is 0. The van der Waals surface area contributed by atoms with E-state index in [-0.39, 0.29) is 17.5 Å². The lowest BCUT2D eigenvalue weighted by atomic mass is 10.1. The molecule has 0 aromatic heterocycles. The van der Waals surface area contributed by atoms with Gasteiger partial charge in [0.15, 0.2) is 0 Å². The van der Waals surface area contributed by atoms with Crippen molar-refractivity contribution in [3.05, 3.63) is 53.6 Å². The largest absolute Gasteiger partial charge is 0.508 e. The van der Waals surface area contributed by atoms with E-state index in [9.17, 15) is 10.2 Å². The first-order valence-electron chi connectivity index (χ1n) is 6.49. The first-order chi connectivity index (χ1) is 9.61. The molecule has 1 atom stereocenters. The molecule has 0 heterocycles. The van der Waals surface area contributed by atoms with Gasteiger partial charge in [-0.15, -0.1) is 0 Å². The molecule has 0 radical (unpaired) electrons. The number of phenols is 2. The van der Waals surface area contributed by atoms with Gasteiger partial charge in [0.05, 0.1) is 7.11 Å². The Morgan fingerprint density at radius 2 is 1.90 bits per heavy atom. The summed E-state index contributed by atoms with van der Waals surface area (Å²) in [6, 6.07) is 12.5. The van der Waals surface area contributed by atoms with Gasteiger partial charge in [0.25, 0.3) is 0 Å². The summed E-state index contributed by atoms with van der Waals surface area (Å²) in [5, 5.41) is 22.3. The molecule has 0 amide bonds. The molecule has 0 spiro atoms. The third kappa shape index (κ3) is 3.22. The molecule has 3 N–H and O–H groups in total. The van der Waals surface area contributed by atoms with Gasteiger partial charge in [0, 0.05) is 29.8 Å². The van der Waals surface area contributed by atoms with E-state index in [1.807, 2.05) is 31.2 Å². The number of rotatable bonds is 5. The SMILES string of the molecule is COc1ccccc1C(C)NCc1ccc(O)cc1O. The molecule has 4 nitrogen and oxygen atoms in total. The maximum Gasteiger partial charge on any atom is 0.123 e. The van der Waals surface area contributed by atoms with Crippen LogP contribution in [0.2, 0.25) is 0 Å². The Morgan fingerprint density at radius 3 is 2.60 bits per heavy atom. The highest BCUT2D eigenvalue weighted by Gasteiger charge is 2.11. The van der Waals surface area contributed by atoms with Gasteiger partial charge in [-0.2, -0.15) is 0 Å². The van der Waals surface area contributed by atoms with Gasteiger partial charge in [0.2, 0.25) is 0 Å². The molecule has 2 aromatic carbocycles. The van der Waals surface area contributed by atoms with E-state index in [1.54, 1.807) is 19.2 Å². The van der Waals surface area contributed by atoms with E-state index in [4.69, 9.17) is 4.74 Å². The Kier molecular flexibility index (Phi) is 4.48. The van der Waals surface area contributed by atoms with Crippen LogP contribution in [0.5, 0.6) is 17.2 Å². The Bertz CT molecular complexity index is 584. The normalized spacial score (nSPS) is 12.1. The van der Waals surface area contributed by atoms with Crippen LogP contribution >= 0.6 is 0 Å². The van der Waals surface area contributed by atoms with Gasteiger partial charge >= 0.3 is 0 Å². The lowest BCUT2D eigenvalue weighted by Gasteiger charge is -2.17. The number of hydrogen-bond donors (Lipinski definition) is 3. The monoisotopic (exact) mass is 273 g/mol. The van der Waals surface area contributed by atoms with Gasteiger partial charge in [-0.3, -0.25) is 0 Å². The van der Waals surface area contributed by atoms with Gasteiger partial charge < -0.3 is 20.3 Å². The molecular formula is C16H19NO3. The van der Waals surface area contributed by atoms with Crippen LogP contribution in [0.15, 0.2) is 42.5 Å². The number of methoxy groups -OCH3 is 1. The summed E-state index contributed by atoms with van der Waals surface area (Å²) in [7, 11) is 1.65. The van der Waals surface area contributed by atoms with Crippen molar-refractivity contribution in [2.45, 2.75) is 19.5 Å². The van der Waals surface area contributed by atoms with Gasteiger partial charge in [-0.1, -0.05) is 24.3 Å². The van der Waals surface area contributed by atoms with Crippen LogP contribution in [0.25, 0.3) is 0 Å². The molecule has 0 aliphatic rings. The van der Waals surface area contributed by atoms with Crippen molar-refractivity contribution in [3.8, 4) is 17.2 Å². The summed E-state index contributed by atoms with van der Waals surface area (Å²) in [5.74, 6) is 0.983. The third-order valence-corrected chi connectivity index (χ3v) is 3.27. The maximum atomic E-state index is 9.75. The van der Waals surface area contributed by atoms with E-state index in [1.165, 1.54) is 6.07 Å². The molecule has 0 fully saturated rings. The highest BCUT2D eigenvalue weighted by molar-refractivity contribution is 5.39. The summed E-state index contributed by atoms with van der Waals surface area (Å²) in [4.78, 5) is 0. The van der Waals surface area contributed by atoms with Crippen molar-refractivity contribution in [1.82, 2.24) is 5.32 Å². The molecule has 4 heteroatoms. The standard InChI is InChI=1S/C16H19NO3/c1-11(14-5-3-4-6-16(14)20-2)17-10-12-7-8-13(18)9-15(12)19/h3-9,11,17-19H,10H2,1-2H3. The average molecular weight is 273 g/mol. The number of hydrogen-bond acceptors (Lipinski definition) is 4. The molecular weight excluding hydrogens is 254 g/mol. The fourth-order valence-electron chi connectivity index (χ4n) is 2.10. The number of nitrogens with one attached hydrogen (secondary N) is 1. The van der Waals surface area contributed by atoms with Crippen molar-refractivity contribution in [2.75, 3.05) is 7.11 Å². The molecule has 0 saturated carbocycles. The van der Waals surface area contributed by atoms with Crippen molar-refractivity contribution in [1.29, 1.82) is 0 Å². The van der Waals surface area contributed by atoms with E-state index in [2.05, 4.69) is 5.32 Å². The number of phenolic OH excluding ortho intramolecular Hbond substituents is 2. The van der Waals surface area contributed by atoms with Gasteiger partial charge in [-0.05, 0) is 19.1 Å². The lowest BCUT2D eigenvalue weighted by molar-refractivity contribution is 0.400. The summed E-state index contributed by atoms with van der Waals surface area (Å²) in [6.07, 6.45) is 0. The fourth-order valence-corrected chi connectivity index (χ4v) is 2.10. The average Bonchev–Trinajstić information content (AvgIpc) is 2.46. The molecule has 0 aliphatic heterocycles. The second kappa shape index (κ2) is 6.30. The van der Waals surface area contributed by atoms with E-state index in [0.29, 0.717) is 6.54 Å². The zero-order valence-electron chi connectivity index (χ0n) is 11.6. The van der Waals surface area contributed by atoms with Crippen molar-refractivity contribution < 1.29 is 14.9 Å². The van der Waals surface area contributed by atoms with E-state index < -0.39 is 0 Å². The number of ether oxygens (including phenoxy) is 1. The Balaban J connectivity index is 2.06. The smallest absolute Gasteiger partial charge is 0.123 e. The molecule has 0 aliphatic carbocycles. The van der Waals surface area contributed by atoms with E-state index in [0.717, 1.165) is 16.9 Å². The topological polar surface area (TPSA) is 61.7 Å². The minimum atomic E-state index is 0.0593. The van der Waals surface area contributed by atoms with Crippen LogP contribution in [0, 0.1) is 0 Å². The minimum absolute atomic E-state index is 0.0593. The van der Waals surface area contributed by atoms with Crippen LogP contribution in [0.1, 0.15) is 24.1 Å². The van der Waals surface area contributed by atoms with Crippen molar-refractivity contribution in [3.63, 3.8) is 0 Å². The first-order valence-corrected chi connectivity index (χ1v) is 6.49. The first kappa shape index (κ1) is 14.2. The summed E-state index contributed by atoms with van der Waals surface area (Å²) in [5.41, 5.74) is 1.80. The molecule has 1 unspecified atom stereocenters. The van der Waals surface area contributed by atoms with Crippen LogP contribution in [-0.4, -0.2) is 17.3 Å². The predicted octanol–water partition coefficient (Wildman–Crippen LogP) is 2.96. The molecule has 2 rings (SSSR count). The van der Waals surface area contributed by atoms with Crippen molar-refractivity contribution in [2.24, 2.45) is 0 Å². The maximum absolute atomic E-state index is 9.75. The molecule has 0 bridgehead atoms. The van der Waals surface area contributed by atoms with Crippen LogP contribution in [-0.2, 0) is 6.54 Å². The van der Waals surface area contributed by atoms with E-state index >= 15 is 0 Å². The highest BCUT2D eigenvalue weighted by atomic mass is 16.5. The zero-order chi connectivity index (χ0) is 14.5. The zero-order valence-corrected chi connectivity index (χ0v) is 11.6. The molecule has 20 heavy (non-hydrogen) atoms. The van der Waals surface area contributed by atoms with Crippen LogP contribution in [0.4, 0.5) is 0 Å². The quantitative estimate of drug-likeness (QED) is 0.784. The molecule has 2 aromatic rings. The third-order valence-electron chi connectivity index (χ3n) is 3.27. The van der Waals surface area contributed by atoms with Crippen molar-refractivity contribution >= 4 is 0 Å². The summed E-state index contributed by atoms with van der Waals surface area (Å²) in [6.45, 7) is 2.54. The number of aromatic hydroxyl groups is 2. The Morgan fingerprint density at radius 1 is 1.15 bits per heavy atom. The van der Waals surface area contributed by atoms with Crippen LogP contribution in [0.3, 0.4) is 0 Å². The predicted molar refractivity (Wildman–Crippen MR) is 78.0 cm³/mol. The second-order valence-corrected chi connectivity index (χ2v) is 4.66. The van der Waals surface area contributed by atoms with Gasteiger partial charge in [0.1, 0.15) is 17.2 Å². The fraction of sp³-hybridized carbons (Fsp3) is 0.250. The number of benzene rings is 2. The minimum Gasteiger partial charge on any atom is -0.508 e. The van der Waals surface area contributed by atoms with Crippen LogP contribution < -0.4 is 10.1 Å². The molecule has 0 saturated heterocycles. The Labute approximate surface area is 118 Å².